The second-order valence-electron chi connectivity index (χ2n) is 6.52. The largest absolute Gasteiger partial charge is 0.475 e. The van der Waals surface area contributed by atoms with E-state index in [0.717, 1.165) is 23.0 Å². The number of carbonyl (C=O) groups is 1. The first-order valence-corrected chi connectivity index (χ1v) is 9.08. The summed E-state index contributed by atoms with van der Waals surface area (Å²) >= 11 is 0. The van der Waals surface area contributed by atoms with E-state index in [9.17, 15) is 14.8 Å². The van der Waals surface area contributed by atoms with E-state index in [-0.39, 0.29) is 12.3 Å². The summed E-state index contributed by atoms with van der Waals surface area (Å²) in [6.07, 6.45) is 1.42. The van der Waals surface area contributed by atoms with Crippen LogP contribution in [-0.4, -0.2) is 44.0 Å². The standard InChI is InChI=1S/C19H23BN4O3/c1-2-14-6-5-7-15(12-14)13-18(20(26)27)21-19(25)10-11-24-17-9-4-3-8-16(17)22-23-24/h3-9,12,18,26-27H,2,10-11,13H2,1H3,(H,21,25). The molecule has 0 aliphatic rings. The Bertz CT molecular complexity index is 913. The first kappa shape index (κ1) is 19.1. The van der Waals surface area contributed by atoms with Gasteiger partial charge in [0.05, 0.1) is 18.0 Å². The predicted octanol–water partition coefficient (Wildman–Crippen LogP) is 1.12. The SMILES string of the molecule is CCc1cccc(CC(NC(=O)CCn2nnc3ccccc32)B(O)O)c1. The van der Waals surface area contributed by atoms with Gasteiger partial charge in [0.1, 0.15) is 5.52 Å². The monoisotopic (exact) mass is 366 g/mol. The maximum absolute atomic E-state index is 12.3. The smallest absolute Gasteiger partial charge is 0.426 e. The summed E-state index contributed by atoms with van der Waals surface area (Å²) < 4.78 is 1.67. The van der Waals surface area contributed by atoms with Gasteiger partial charge in [0, 0.05) is 6.42 Å². The predicted molar refractivity (Wildman–Crippen MR) is 104 cm³/mol. The van der Waals surface area contributed by atoms with Crippen molar-refractivity contribution in [1.29, 1.82) is 0 Å². The van der Waals surface area contributed by atoms with E-state index in [0.29, 0.717) is 13.0 Å². The Balaban J connectivity index is 1.59. The minimum atomic E-state index is -1.63. The van der Waals surface area contributed by atoms with Crippen LogP contribution in [0.3, 0.4) is 0 Å². The molecule has 1 aromatic heterocycles. The van der Waals surface area contributed by atoms with Gasteiger partial charge in [-0.15, -0.1) is 5.10 Å². The minimum absolute atomic E-state index is 0.172. The molecule has 0 saturated carbocycles. The van der Waals surface area contributed by atoms with Crippen molar-refractivity contribution in [3.05, 3.63) is 59.7 Å². The van der Waals surface area contributed by atoms with Gasteiger partial charge in [0.15, 0.2) is 0 Å². The fourth-order valence-electron chi connectivity index (χ4n) is 3.03. The summed E-state index contributed by atoms with van der Waals surface area (Å²) in [5.74, 6) is -1.03. The highest BCUT2D eigenvalue weighted by atomic mass is 16.4. The van der Waals surface area contributed by atoms with Gasteiger partial charge in [-0.25, -0.2) is 4.68 Å². The zero-order valence-electron chi connectivity index (χ0n) is 15.2. The molecule has 1 amide bonds. The lowest BCUT2D eigenvalue weighted by Crippen LogP contribution is -2.48. The first-order chi connectivity index (χ1) is 13.1. The molecule has 0 aliphatic heterocycles. The topological polar surface area (TPSA) is 100 Å². The molecule has 0 bridgehead atoms. The average Bonchev–Trinajstić information content (AvgIpc) is 3.09. The van der Waals surface area contributed by atoms with E-state index in [1.54, 1.807) is 4.68 Å². The normalized spacial score (nSPS) is 12.1. The quantitative estimate of drug-likeness (QED) is 0.519. The van der Waals surface area contributed by atoms with Crippen LogP contribution in [-0.2, 0) is 24.2 Å². The van der Waals surface area contributed by atoms with Crippen LogP contribution in [0, 0.1) is 0 Å². The van der Waals surface area contributed by atoms with E-state index >= 15 is 0 Å². The van der Waals surface area contributed by atoms with Crippen LogP contribution in [0.5, 0.6) is 0 Å². The number of hydrogen-bond acceptors (Lipinski definition) is 5. The molecule has 2 aromatic carbocycles. The highest BCUT2D eigenvalue weighted by Crippen LogP contribution is 2.11. The van der Waals surface area contributed by atoms with Gasteiger partial charge in [-0.2, -0.15) is 0 Å². The highest BCUT2D eigenvalue weighted by Gasteiger charge is 2.25. The molecule has 140 valence electrons. The van der Waals surface area contributed by atoms with Gasteiger partial charge in [0.25, 0.3) is 0 Å². The van der Waals surface area contributed by atoms with E-state index in [1.165, 1.54) is 5.56 Å². The van der Waals surface area contributed by atoms with E-state index in [1.807, 2.05) is 48.5 Å². The van der Waals surface area contributed by atoms with Crippen LogP contribution >= 0.6 is 0 Å². The summed E-state index contributed by atoms with van der Waals surface area (Å²) in [6, 6.07) is 15.4. The van der Waals surface area contributed by atoms with Gasteiger partial charge in [-0.05, 0) is 36.1 Å². The average molecular weight is 366 g/mol. The van der Waals surface area contributed by atoms with Crippen LogP contribution < -0.4 is 5.32 Å². The Hall–Kier alpha value is -2.71. The van der Waals surface area contributed by atoms with Crippen LogP contribution in [0.1, 0.15) is 24.5 Å². The number of nitrogens with one attached hydrogen (secondary N) is 1. The molecule has 1 heterocycles. The Morgan fingerprint density at radius 3 is 2.74 bits per heavy atom. The van der Waals surface area contributed by atoms with Crippen molar-refractivity contribution in [3.8, 4) is 0 Å². The number of rotatable bonds is 8. The van der Waals surface area contributed by atoms with Crippen LogP contribution in [0.15, 0.2) is 48.5 Å². The second kappa shape index (κ2) is 8.79. The van der Waals surface area contributed by atoms with Gasteiger partial charge in [-0.1, -0.05) is 48.5 Å². The Kier molecular flexibility index (Phi) is 6.21. The maximum atomic E-state index is 12.3. The lowest BCUT2D eigenvalue weighted by atomic mass is 9.75. The fraction of sp³-hybridized carbons (Fsp3) is 0.316. The third-order valence-corrected chi connectivity index (χ3v) is 4.53. The van der Waals surface area contributed by atoms with Crippen LogP contribution in [0.4, 0.5) is 0 Å². The van der Waals surface area contributed by atoms with Crippen LogP contribution in [0.25, 0.3) is 11.0 Å². The molecule has 3 rings (SSSR count). The summed E-state index contributed by atoms with van der Waals surface area (Å²) in [7, 11) is -1.63. The molecular weight excluding hydrogens is 343 g/mol. The van der Waals surface area contributed by atoms with Crippen molar-refractivity contribution in [2.75, 3.05) is 0 Å². The van der Waals surface area contributed by atoms with Gasteiger partial charge in [-0.3, -0.25) is 4.79 Å². The number of amides is 1. The lowest BCUT2D eigenvalue weighted by Gasteiger charge is -2.18. The van der Waals surface area contributed by atoms with E-state index in [2.05, 4.69) is 22.6 Å². The zero-order valence-corrected chi connectivity index (χ0v) is 15.2. The second-order valence-corrected chi connectivity index (χ2v) is 6.52. The van der Waals surface area contributed by atoms with E-state index < -0.39 is 13.1 Å². The van der Waals surface area contributed by atoms with E-state index in [4.69, 9.17) is 0 Å². The van der Waals surface area contributed by atoms with Gasteiger partial charge >= 0.3 is 7.12 Å². The number of nitrogens with zero attached hydrogens (tertiary/aromatic N) is 3. The summed E-state index contributed by atoms with van der Waals surface area (Å²) in [5, 5.41) is 30.1. The van der Waals surface area contributed by atoms with Crippen molar-refractivity contribution in [3.63, 3.8) is 0 Å². The molecule has 1 atom stereocenters. The molecule has 0 fully saturated rings. The van der Waals surface area contributed by atoms with Crippen molar-refractivity contribution in [2.45, 2.75) is 38.7 Å². The summed E-state index contributed by atoms with van der Waals surface area (Å²) in [5.41, 5.74) is 3.76. The maximum Gasteiger partial charge on any atom is 0.475 e. The fourth-order valence-corrected chi connectivity index (χ4v) is 3.03. The molecule has 27 heavy (non-hydrogen) atoms. The molecule has 1 unspecified atom stereocenters. The molecule has 3 N–H and O–H groups in total. The minimum Gasteiger partial charge on any atom is -0.426 e. The molecule has 3 aromatic rings. The van der Waals surface area contributed by atoms with Crippen molar-refractivity contribution < 1.29 is 14.8 Å². The van der Waals surface area contributed by atoms with Gasteiger partial charge < -0.3 is 15.4 Å². The number of benzene rings is 2. The van der Waals surface area contributed by atoms with Crippen molar-refractivity contribution in [1.82, 2.24) is 20.3 Å². The number of para-hydroxylation sites is 1. The molecule has 7 nitrogen and oxygen atoms in total. The zero-order chi connectivity index (χ0) is 19.2. The third-order valence-electron chi connectivity index (χ3n) is 4.53. The van der Waals surface area contributed by atoms with Crippen molar-refractivity contribution >= 4 is 24.1 Å². The molecular formula is C19H23BN4O3. The summed E-state index contributed by atoms with van der Waals surface area (Å²) in [6.45, 7) is 2.43. The molecule has 0 saturated heterocycles. The number of carbonyl (C=O) groups excluding carboxylic acids is 1. The lowest BCUT2D eigenvalue weighted by molar-refractivity contribution is -0.121. The number of hydrogen-bond donors (Lipinski definition) is 3. The molecule has 0 aliphatic carbocycles. The number of fused-ring (bicyclic) bond motifs is 1. The molecule has 0 radical (unpaired) electrons. The first-order valence-electron chi connectivity index (χ1n) is 9.08. The van der Waals surface area contributed by atoms with Crippen LogP contribution in [0.2, 0.25) is 0 Å². The number of aryl methyl sites for hydroxylation is 2. The third kappa shape index (κ3) is 4.93. The molecule has 8 heteroatoms. The Morgan fingerprint density at radius 2 is 1.96 bits per heavy atom. The highest BCUT2D eigenvalue weighted by molar-refractivity contribution is 6.43. The summed E-state index contributed by atoms with van der Waals surface area (Å²) in [4.78, 5) is 12.3. The Morgan fingerprint density at radius 1 is 1.19 bits per heavy atom. The number of aromatic nitrogens is 3. The Labute approximate surface area is 158 Å². The molecule has 0 spiro atoms. The van der Waals surface area contributed by atoms with Gasteiger partial charge in [0.2, 0.25) is 5.91 Å². The van der Waals surface area contributed by atoms with Crippen molar-refractivity contribution in [2.24, 2.45) is 0 Å².